The number of aromatic nitrogens is 1. The van der Waals surface area contributed by atoms with Crippen LogP contribution in [0.2, 0.25) is 5.02 Å². The molecule has 3 aromatic rings. The number of carbonyl (C=O) groups excluding carboxylic acids is 2. The molecule has 0 fully saturated rings. The highest BCUT2D eigenvalue weighted by Crippen LogP contribution is 2.35. The summed E-state index contributed by atoms with van der Waals surface area (Å²) in [6.45, 7) is 1.85. The van der Waals surface area contributed by atoms with Gasteiger partial charge in [-0.1, -0.05) is 35.9 Å². The number of fused-ring (bicyclic) bond motifs is 2. The predicted octanol–water partition coefficient (Wildman–Crippen LogP) is 4.86. The van der Waals surface area contributed by atoms with E-state index in [0.717, 1.165) is 5.69 Å². The molecule has 0 bridgehead atoms. The average molecular weight is 406 g/mol. The van der Waals surface area contributed by atoms with Gasteiger partial charge in [-0.3, -0.25) is 9.59 Å². The van der Waals surface area contributed by atoms with Gasteiger partial charge in [0.05, 0.1) is 21.8 Å². The first kappa shape index (κ1) is 18.1. The number of thiazole rings is 1. The van der Waals surface area contributed by atoms with E-state index in [4.69, 9.17) is 11.6 Å². The van der Waals surface area contributed by atoms with Crippen LogP contribution < -0.4 is 5.32 Å². The highest BCUT2D eigenvalue weighted by atomic mass is 35.5. The summed E-state index contributed by atoms with van der Waals surface area (Å²) in [6, 6.07) is 11.9. The number of carbonyl (C=O) groups is 2. The summed E-state index contributed by atoms with van der Waals surface area (Å²) >= 11 is 7.52. The van der Waals surface area contributed by atoms with E-state index in [1.165, 1.54) is 17.5 Å². The van der Waals surface area contributed by atoms with Crippen molar-refractivity contribution in [2.75, 3.05) is 5.32 Å². The van der Waals surface area contributed by atoms with E-state index in [9.17, 15) is 14.9 Å². The maximum Gasteiger partial charge on any atom is 0.196 e. The fourth-order valence-corrected chi connectivity index (χ4v) is 4.11. The van der Waals surface area contributed by atoms with E-state index in [1.54, 1.807) is 36.4 Å². The molecule has 0 saturated heterocycles. The molecule has 1 aliphatic rings. The van der Waals surface area contributed by atoms with Gasteiger partial charge in [0.25, 0.3) is 0 Å². The van der Waals surface area contributed by atoms with Crippen LogP contribution in [-0.4, -0.2) is 16.6 Å². The molecule has 0 unspecified atom stereocenters. The van der Waals surface area contributed by atoms with Crippen LogP contribution in [0.3, 0.4) is 0 Å². The Kier molecular flexibility index (Phi) is 4.55. The molecule has 0 spiro atoms. The number of halogens is 1. The van der Waals surface area contributed by atoms with Crippen LogP contribution in [0.5, 0.6) is 0 Å². The lowest BCUT2D eigenvalue weighted by atomic mass is 9.83. The van der Waals surface area contributed by atoms with Gasteiger partial charge in [-0.25, -0.2) is 4.98 Å². The van der Waals surface area contributed by atoms with Crippen molar-refractivity contribution in [3.63, 3.8) is 0 Å². The minimum atomic E-state index is -0.293. The van der Waals surface area contributed by atoms with Gasteiger partial charge in [0.2, 0.25) is 0 Å². The summed E-state index contributed by atoms with van der Waals surface area (Å²) in [5.41, 5.74) is 2.67. The van der Waals surface area contributed by atoms with Crippen molar-refractivity contribution in [2.45, 2.75) is 6.92 Å². The lowest BCUT2D eigenvalue weighted by Crippen LogP contribution is -2.22. The molecule has 2 aromatic carbocycles. The summed E-state index contributed by atoms with van der Waals surface area (Å²) < 4.78 is 0. The van der Waals surface area contributed by atoms with Gasteiger partial charge >= 0.3 is 0 Å². The zero-order chi connectivity index (χ0) is 19.8. The quantitative estimate of drug-likeness (QED) is 0.492. The molecule has 0 radical (unpaired) electrons. The van der Waals surface area contributed by atoms with E-state index < -0.39 is 0 Å². The summed E-state index contributed by atoms with van der Waals surface area (Å²) in [5, 5.41) is 15.1. The smallest absolute Gasteiger partial charge is 0.196 e. The Labute approximate surface area is 169 Å². The molecule has 1 aromatic heterocycles. The number of anilines is 1. The Hall–Kier alpha value is -3.27. The van der Waals surface area contributed by atoms with Crippen LogP contribution in [0.1, 0.15) is 42.5 Å². The second-order valence-corrected chi connectivity index (χ2v) is 7.42. The number of allylic oxidation sites excluding steroid dienone is 1. The highest BCUT2D eigenvalue weighted by molar-refractivity contribution is 7.10. The summed E-state index contributed by atoms with van der Waals surface area (Å²) in [4.78, 5) is 30.3. The second kappa shape index (κ2) is 7.04. The van der Waals surface area contributed by atoms with E-state index in [0.29, 0.717) is 16.3 Å². The van der Waals surface area contributed by atoms with E-state index in [2.05, 4.69) is 16.4 Å². The molecule has 0 saturated carbocycles. The van der Waals surface area contributed by atoms with Gasteiger partial charge < -0.3 is 5.32 Å². The van der Waals surface area contributed by atoms with Gasteiger partial charge in [0.1, 0.15) is 16.6 Å². The van der Waals surface area contributed by atoms with Crippen molar-refractivity contribution in [3.05, 3.63) is 86.0 Å². The monoisotopic (exact) mass is 405 g/mol. The molecule has 136 valence electrons. The Balaban J connectivity index is 1.78. The molecule has 7 heteroatoms. The first-order valence-corrected chi connectivity index (χ1v) is 9.57. The van der Waals surface area contributed by atoms with Crippen molar-refractivity contribution in [1.82, 2.24) is 4.98 Å². The SMILES string of the molecule is Cc1csc(/C(C#N)=C/Nc2cccc3c2C(=O)c2cccc(Cl)c2C3=O)n1. The van der Waals surface area contributed by atoms with E-state index in [1.807, 2.05) is 12.3 Å². The second-order valence-electron chi connectivity index (χ2n) is 6.16. The molecule has 4 rings (SSSR count). The van der Waals surface area contributed by atoms with E-state index in [-0.39, 0.29) is 38.8 Å². The molecule has 1 N–H and O–H groups in total. The Bertz CT molecular complexity index is 1220. The van der Waals surface area contributed by atoms with Gasteiger partial charge in [-0.2, -0.15) is 5.26 Å². The van der Waals surface area contributed by atoms with Crippen LogP contribution >= 0.6 is 22.9 Å². The van der Waals surface area contributed by atoms with Gasteiger partial charge in [-0.05, 0) is 19.1 Å². The molecule has 5 nitrogen and oxygen atoms in total. The minimum Gasteiger partial charge on any atom is -0.360 e. The molecule has 28 heavy (non-hydrogen) atoms. The van der Waals surface area contributed by atoms with Crippen molar-refractivity contribution >= 4 is 45.8 Å². The summed E-state index contributed by atoms with van der Waals surface area (Å²) in [6.07, 6.45) is 1.50. The fourth-order valence-electron chi connectivity index (χ4n) is 3.09. The molecule has 0 amide bonds. The number of hydrogen-bond donors (Lipinski definition) is 1. The Morgan fingerprint density at radius 3 is 2.50 bits per heavy atom. The molecular weight excluding hydrogens is 394 g/mol. The molecular formula is C21H12ClN3O2S. The van der Waals surface area contributed by atoms with Gasteiger partial charge in [0, 0.05) is 28.4 Å². The number of hydrogen-bond acceptors (Lipinski definition) is 6. The normalized spacial score (nSPS) is 13.0. The standard InChI is InChI=1S/C21H12ClN3O2S/c1-11-10-28-21(25-11)12(8-23)9-24-16-7-3-5-14-18(16)20(27)13-4-2-6-15(22)17(13)19(14)26/h2-7,9-10,24H,1H3/b12-9+. The topological polar surface area (TPSA) is 82.9 Å². The van der Waals surface area contributed by atoms with Crippen LogP contribution in [0, 0.1) is 18.3 Å². The minimum absolute atomic E-state index is 0.227. The van der Waals surface area contributed by atoms with Crippen molar-refractivity contribution in [1.29, 1.82) is 5.26 Å². The number of aryl methyl sites for hydroxylation is 1. The maximum atomic E-state index is 13.1. The molecule has 1 aliphatic carbocycles. The molecule has 0 atom stereocenters. The largest absolute Gasteiger partial charge is 0.360 e. The van der Waals surface area contributed by atoms with Gasteiger partial charge in [0.15, 0.2) is 11.6 Å². The third-order valence-electron chi connectivity index (χ3n) is 4.36. The first-order chi connectivity index (χ1) is 13.5. The number of nitrogens with zero attached hydrogens (tertiary/aromatic N) is 2. The van der Waals surface area contributed by atoms with Gasteiger partial charge in [-0.15, -0.1) is 11.3 Å². The zero-order valence-electron chi connectivity index (χ0n) is 14.6. The Morgan fingerprint density at radius 2 is 1.82 bits per heavy atom. The number of nitriles is 1. The van der Waals surface area contributed by atoms with Crippen LogP contribution in [-0.2, 0) is 0 Å². The number of nitrogens with one attached hydrogen (secondary N) is 1. The lowest BCUT2D eigenvalue weighted by molar-refractivity contribution is 0.0980. The number of ketones is 2. The number of rotatable bonds is 3. The first-order valence-electron chi connectivity index (χ1n) is 8.31. The van der Waals surface area contributed by atoms with Crippen molar-refractivity contribution in [3.8, 4) is 6.07 Å². The highest BCUT2D eigenvalue weighted by Gasteiger charge is 2.33. The average Bonchev–Trinajstić information content (AvgIpc) is 3.12. The molecule has 1 heterocycles. The fraction of sp³-hybridized carbons (Fsp3) is 0.0476. The third kappa shape index (κ3) is 2.91. The molecule has 0 aliphatic heterocycles. The number of benzene rings is 2. The predicted molar refractivity (Wildman–Crippen MR) is 109 cm³/mol. The van der Waals surface area contributed by atoms with Crippen molar-refractivity contribution < 1.29 is 9.59 Å². The van der Waals surface area contributed by atoms with Crippen LogP contribution in [0.25, 0.3) is 5.57 Å². The Morgan fingerprint density at radius 1 is 1.14 bits per heavy atom. The summed E-state index contributed by atoms with van der Waals surface area (Å²) in [5.74, 6) is -0.578. The zero-order valence-corrected chi connectivity index (χ0v) is 16.2. The summed E-state index contributed by atoms with van der Waals surface area (Å²) in [7, 11) is 0. The van der Waals surface area contributed by atoms with E-state index >= 15 is 0 Å². The third-order valence-corrected chi connectivity index (χ3v) is 5.67. The maximum absolute atomic E-state index is 13.1. The van der Waals surface area contributed by atoms with Crippen molar-refractivity contribution in [2.24, 2.45) is 0 Å². The van der Waals surface area contributed by atoms with Crippen LogP contribution in [0.15, 0.2) is 48.0 Å². The lowest BCUT2D eigenvalue weighted by Gasteiger charge is -2.20. The van der Waals surface area contributed by atoms with Crippen LogP contribution in [0.4, 0.5) is 5.69 Å².